The molecule has 0 spiro atoms. The fourth-order valence-corrected chi connectivity index (χ4v) is 0.427. The number of nitrogens with two attached hydrogens (primary N) is 3. The molecule has 1 aromatic rings. The van der Waals surface area contributed by atoms with Gasteiger partial charge in [-0.1, -0.05) is 0 Å². The van der Waals surface area contributed by atoms with E-state index in [0.717, 1.165) is 0 Å². The summed E-state index contributed by atoms with van der Waals surface area (Å²) in [5.74, 6) is 0.125. The first kappa shape index (κ1) is 12.6. The van der Waals surface area contributed by atoms with E-state index in [1.807, 2.05) is 0 Å². The molecule has 6 N–H and O–H groups in total. The van der Waals surface area contributed by atoms with Crippen LogP contribution in [0.3, 0.4) is 0 Å². The van der Waals surface area contributed by atoms with E-state index in [1.165, 1.54) is 0 Å². The van der Waals surface area contributed by atoms with Crippen molar-refractivity contribution in [2.45, 2.75) is 0 Å². The van der Waals surface area contributed by atoms with Crippen molar-refractivity contribution in [2.75, 3.05) is 17.2 Å². The maximum atomic E-state index is 8.63. The van der Waals surface area contributed by atoms with Gasteiger partial charge in [0.25, 0.3) is 0 Å². The van der Waals surface area contributed by atoms with Gasteiger partial charge in [0.05, 0.1) is 0 Å². The van der Waals surface area contributed by atoms with Crippen LogP contribution in [-0.4, -0.2) is 15.0 Å². The third-order valence-corrected chi connectivity index (χ3v) is 0.687. The van der Waals surface area contributed by atoms with Gasteiger partial charge in [0, 0.05) is 0 Å². The van der Waals surface area contributed by atoms with Gasteiger partial charge in [-0.2, -0.15) is 15.0 Å². The van der Waals surface area contributed by atoms with Crippen molar-refractivity contribution in [1.29, 1.82) is 0 Å². The summed E-state index contributed by atoms with van der Waals surface area (Å²) in [6.07, 6.45) is 0. The number of nitrogen functional groups attached to an aromatic ring is 3. The number of nitrogens with zero attached hydrogens (tertiary/aromatic N) is 3. The molecule has 0 radical (unpaired) electrons. The molecule has 0 aliphatic rings. The third kappa shape index (κ3) is 8.71. The standard InChI is InChI=1S/C3H6N6.Mo.4O/c4-1-7-2(5)9-3(6)8-1;;;;;/h(H6,4,5,6,7,8,9);;;;;/q;;;;2*-1. The summed E-state index contributed by atoms with van der Waals surface area (Å²) in [5, 5.41) is 0. The van der Waals surface area contributed by atoms with Gasteiger partial charge >= 0.3 is 31.1 Å². The van der Waals surface area contributed by atoms with Gasteiger partial charge in [-0.15, -0.1) is 0 Å². The van der Waals surface area contributed by atoms with Crippen LogP contribution in [-0.2, 0) is 23.5 Å². The summed E-state index contributed by atoms with van der Waals surface area (Å²) in [5.41, 5.74) is 15.4. The van der Waals surface area contributed by atoms with E-state index in [2.05, 4.69) is 15.0 Å². The molecule has 0 fully saturated rings. The van der Waals surface area contributed by atoms with Crippen molar-refractivity contribution in [2.24, 2.45) is 0 Å². The molecule has 0 atom stereocenters. The third-order valence-electron chi connectivity index (χ3n) is 0.687. The van der Waals surface area contributed by atoms with Crippen LogP contribution in [0.5, 0.6) is 0 Å². The number of hydrogen-bond donors (Lipinski definition) is 3. The molecule has 0 saturated heterocycles. The second-order valence-electron chi connectivity index (χ2n) is 1.82. The van der Waals surface area contributed by atoms with E-state index in [0.29, 0.717) is 0 Å². The van der Waals surface area contributed by atoms with Gasteiger partial charge in [0.15, 0.2) is 0 Å². The Bertz CT molecular complexity index is 345. The SMILES string of the molecule is Nc1nc(N)nc(N)n1.[O]=[Mo](=[O])([O-])[O-]. The van der Waals surface area contributed by atoms with Gasteiger partial charge in [-0.25, -0.2) is 0 Å². The zero-order valence-electron chi connectivity index (χ0n) is 6.61. The summed E-state index contributed by atoms with van der Waals surface area (Å²) in [6.45, 7) is 0. The van der Waals surface area contributed by atoms with Crippen LogP contribution in [0, 0.1) is 0 Å². The first-order chi connectivity index (χ1) is 6.18. The number of anilines is 3. The molecule has 14 heavy (non-hydrogen) atoms. The number of rotatable bonds is 0. The fourth-order valence-electron chi connectivity index (χ4n) is 0.427. The Kier molecular flexibility index (Phi) is 4.28. The van der Waals surface area contributed by atoms with Crippen molar-refractivity contribution in [3.8, 4) is 0 Å². The van der Waals surface area contributed by atoms with Crippen molar-refractivity contribution in [3.05, 3.63) is 0 Å². The zero-order chi connectivity index (χ0) is 11.4. The van der Waals surface area contributed by atoms with Crippen molar-refractivity contribution < 1.29 is 31.1 Å². The van der Waals surface area contributed by atoms with E-state index < -0.39 is 16.7 Å². The normalized spacial score (nSPS) is 10.1. The van der Waals surface area contributed by atoms with E-state index in [-0.39, 0.29) is 17.8 Å². The molecule has 1 heterocycles. The monoisotopic (exact) mass is 288 g/mol. The van der Waals surface area contributed by atoms with Crippen molar-refractivity contribution in [3.63, 3.8) is 0 Å². The Morgan fingerprint density at radius 1 is 0.857 bits per heavy atom. The topological polar surface area (TPSA) is 197 Å². The molecule has 10 nitrogen and oxygen atoms in total. The van der Waals surface area contributed by atoms with Crippen LogP contribution in [0.25, 0.3) is 0 Å². The maximum absolute atomic E-state index is 8.63. The van der Waals surface area contributed by atoms with Crippen molar-refractivity contribution in [1.82, 2.24) is 15.0 Å². The Hall–Kier alpha value is -1.38. The van der Waals surface area contributed by atoms with Gasteiger partial charge in [-0.3, -0.25) is 0 Å². The van der Waals surface area contributed by atoms with Crippen LogP contribution in [0.4, 0.5) is 17.8 Å². The van der Waals surface area contributed by atoms with Gasteiger partial charge in [-0.05, 0) is 0 Å². The quantitative estimate of drug-likeness (QED) is 0.395. The summed E-state index contributed by atoms with van der Waals surface area (Å²) in [4.78, 5) is 10.5. The molecule has 0 aliphatic heterocycles. The van der Waals surface area contributed by atoms with Crippen molar-refractivity contribution >= 4 is 17.8 Å². The molecule has 1 aromatic heterocycles. The molecule has 0 bridgehead atoms. The molecule has 0 amide bonds. The predicted octanol–water partition coefficient (Wildman–Crippen LogP) is -4.00. The second-order valence-corrected chi connectivity index (χ2v) is 3.83. The van der Waals surface area contributed by atoms with E-state index in [4.69, 9.17) is 31.5 Å². The van der Waals surface area contributed by atoms with Crippen LogP contribution in [0.1, 0.15) is 0 Å². The number of aromatic nitrogens is 3. The molecule has 0 saturated carbocycles. The first-order valence-electron chi connectivity index (χ1n) is 2.87. The Balaban J connectivity index is 0.000000292. The number of hydrogen-bond acceptors (Lipinski definition) is 10. The molecule has 0 unspecified atom stereocenters. The molecule has 11 heteroatoms. The van der Waals surface area contributed by atoms with Gasteiger partial charge in [0.1, 0.15) is 0 Å². The summed E-state index contributed by atoms with van der Waals surface area (Å²) in [7, 11) is 0. The Morgan fingerprint density at radius 3 is 1.14 bits per heavy atom. The molecular formula is C3H6MoN6O4-2. The van der Waals surface area contributed by atoms with Gasteiger partial charge in [0.2, 0.25) is 17.8 Å². The summed E-state index contributed by atoms with van der Waals surface area (Å²) >= 11 is -6.02. The average molecular weight is 286 g/mol. The predicted molar refractivity (Wildman–Crippen MR) is 34.4 cm³/mol. The van der Waals surface area contributed by atoms with E-state index in [9.17, 15) is 0 Å². The van der Waals surface area contributed by atoms with Gasteiger partial charge < -0.3 is 17.2 Å². The van der Waals surface area contributed by atoms with E-state index in [1.54, 1.807) is 0 Å². The van der Waals surface area contributed by atoms with Crippen LogP contribution in [0.2, 0.25) is 0 Å². The van der Waals surface area contributed by atoms with Crippen LogP contribution >= 0.6 is 0 Å². The minimum absolute atomic E-state index is 0.0417. The average Bonchev–Trinajstić information content (AvgIpc) is 1.77. The molecule has 80 valence electrons. The summed E-state index contributed by atoms with van der Waals surface area (Å²) in [6, 6.07) is 0. The molecular weight excluding hydrogens is 280 g/mol. The Labute approximate surface area is 81.5 Å². The second kappa shape index (κ2) is 4.74. The minimum atomic E-state index is -6.02. The molecule has 1 rings (SSSR count). The van der Waals surface area contributed by atoms with Crippen LogP contribution in [0.15, 0.2) is 0 Å². The molecule has 0 aromatic carbocycles. The Morgan fingerprint density at radius 2 is 1.00 bits per heavy atom. The molecule has 0 aliphatic carbocycles. The van der Waals surface area contributed by atoms with E-state index >= 15 is 0 Å². The summed E-state index contributed by atoms with van der Waals surface area (Å²) < 4.78 is 34.5. The zero-order valence-corrected chi connectivity index (χ0v) is 8.62. The van der Waals surface area contributed by atoms with Crippen LogP contribution < -0.4 is 24.7 Å². The fraction of sp³-hybridized carbons (Fsp3) is 0. The first-order valence-corrected chi connectivity index (χ1v) is 6.15.